The predicted octanol–water partition coefficient (Wildman–Crippen LogP) is 1.87. The van der Waals surface area contributed by atoms with Crippen LogP contribution in [0.4, 0.5) is 5.82 Å². The highest BCUT2D eigenvalue weighted by molar-refractivity contribution is 6.28. The van der Waals surface area contributed by atoms with Crippen molar-refractivity contribution < 1.29 is 29.7 Å². The molecule has 1 heterocycles. The molecule has 0 aromatic carbocycles. The van der Waals surface area contributed by atoms with Crippen molar-refractivity contribution in [3.8, 4) is 5.75 Å². The van der Waals surface area contributed by atoms with Gasteiger partial charge in [-0.05, 0) is 50.6 Å². The van der Waals surface area contributed by atoms with E-state index in [9.17, 15) is 29.7 Å². The maximum absolute atomic E-state index is 13.9. The summed E-state index contributed by atoms with van der Waals surface area (Å²) in [6.45, 7) is 5.19. The van der Waals surface area contributed by atoms with Crippen molar-refractivity contribution >= 4 is 29.1 Å². The summed E-state index contributed by atoms with van der Waals surface area (Å²) in [5.74, 6) is -5.19. The molecular formula is C26H34N4O6. The van der Waals surface area contributed by atoms with Gasteiger partial charge in [0.2, 0.25) is 0 Å². The van der Waals surface area contributed by atoms with Crippen molar-refractivity contribution in [1.82, 2.24) is 9.88 Å². The number of primary amides is 1. The molecule has 1 amide bonds. The van der Waals surface area contributed by atoms with Crippen LogP contribution in [0.3, 0.4) is 0 Å². The Bertz CT molecular complexity index is 1180. The maximum Gasteiger partial charge on any atom is 0.255 e. The summed E-state index contributed by atoms with van der Waals surface area (Å²) in [5, 5.41) is 32.9. The van der Waals surface area contributed by atoms with E-state index in [4.69, 9.17) is 5.73 Å². The molecule has 194 valence electrons. The third kappa shape index (κ3) is 3.84. The van der Waals surface area contributed by atoms with Gasteiger partial charge in [0.25, 0.3) is 5.91 Å². The average molecular weight is 499 g/mol. The zero-order valence-corrected chi connectivity index (χ0v) is 21.1. The van der Waals surface area contributed by atoms with Crippen molar-refractivity contribution in [2.24, 2.45) is 23.5 Å². The number of carbonyl (C=O) groups excluding carboxylic acids is 3. The van der Waals surface area contributed by atoms with E-state index in [2.05, 4.69) is 4.98 Å². The number of fused-ring (bicyclic) bond motifs is 3. The molecule has 0 saturated heterocycles. The fourth-order valence-electron chi connectivity index (χ4n) is 6.31. The molecule has 1 saturated carbocycles. The Morgan fingerprint density at radius 3 is 2.31 bits per heavy atom. The van der Waals surface area contributed by atoms with Crippen molar-refractivity contribution in [2.45, 2.75) is 45.6 Å². The Kier molecular flexibility index (Phi) is 6.83. The molecule has 1 aromatic heterocycles. The number of aliphatic hydroxyl groups is 2. The van der Waals surface area contributed by atoms with Crippen LogP contribution in [0.5, 0.6) is 5.75 Å². The van der Waals surface area contributed by atoms with Crippen LogP contribution in [0.2, 0.25) is 0 Å². The highest BCUT2D eigenvalue weighted by atomic mass is 16.3. The van der Waals surface area contributed by atoms with E-state index in [1.807, 2.05) is 18.7 Å². The second-order valence-corrected chi connectivity index (χ2v) is 10.1. The lowest BCUT2D eigenvalue weighted by molar-refractivity contribution is -0.137. The lowest BCUT2D eigenvalue weighted by Crippen LogP contribution is -2.57. The van der Waals surface area contributed by atoms with Crippen LogP contribution in [0.15, 0.2) is 23.1 Å². The highest BCUT2D eigenvalue weighted by Gasteiger charge is 2.56. The number of aromatic hydroxyl groups is 1. The van der Waals surface area contributed by atoms with Gasteiger partial charge in [-0.2, -0.15) is 0 Å². The number of nitrogens with zero attached hydrogens (tertiary/aromatic N) is 3. The van der Waals surface area contributed by atoms with Crippen LogP contribution in [0, 0.1) is 17.8 Å². The zero-order chi connectivity index (χ0) is 26.5. The second-order valence-electron chi connectivity index (χ2n) is 10.1. The number of allylic oxidation sites excluding steroid dienone is 1. The van der Waals surface area contributed by atoms with E-state index in [1.54, 1.807) is 19.0 Å². The fraction of sp³-hybridized carbons (Fsp3) is 0.538. The molecule has 5 N–H and O–H groups in total. The molecule has 1 aromatic rings. The first kappa shape index (κ1) is 25.7. The van der Waals surface area contributed by atoms with Crippen LogP contribution >= 0.6 is 0 Å². The number of ketones is 2. The molecule has 1 fully saturated rings. The number of carbonyl (C=O) groups is 3. The van der Waals surface area contributed by atoms with Gasteiger partial charge in [0, 0.05) is 25.2 Å². The van der Waals surface area contributed by atoms with Gasteiger partial charge in [0.1, 0.15) is 28.7 Å². The minimum Gasteiger partial charge on any atom is -0.510 e. The number of aliphatic hydroxyl groups excluding tert-OH is 2. The van der Waals surface area contributed by atoms with Crippen molar-refractivity contribution in [2.75, 3.05) is 32.1 Å². The first-order valence-corrected chi connectivity index (χ1v) is 12.4. The summed E-state index contributed by atoms with van der Waals surface area (Å²) < 4.78 is 0. The molecular weight excluding hydrogens is 464 g/mol. The third-order valence-electron chi connectivity index (χ3n) is 7.58. The van der Waals surface area contributed by atoms with Crippen molar-refractivity contribution in [3.63, 3.8) is 0 Å². The summed E-state index contributed by atoms with van der Waals surface area (Å²) in [7, 11) is 3.60. The summed E-state index contributed by atoms with van der Waals surface area (Å²) in [6, 6.07) is -0.722. The van der Waals surface area contributed by atoms with Gasteiger partial charge in [-0.25, -0.2) is 4.98 Å². The van der Waals surface area contributed by atoms with E-state index in [1.165, 1.54) is 6.20 Å². The quantitative estimate of drug-likeness (QED) is 0.325. The number of nitrogens with two attached hydrogens (primary N) is 1. The lowest BCUT2D eigenvalue weighted by Gasteiger charge is -2.47. The molecule has 36 heavy (non-hydrogen) atoms. The summed E-state index contributed by atoms with van der Waals surface area (Å²) in [6.07, 6.45) is 3.43. The van der Waals surface area contributed by atoms with E-state index in [-0.39, 0.29) is 28.4 Å². The number of hydrogen-bond donors (Lipinski definition) is 4. The van der Waals surface area contributed by atoms with Gasteiger partial charge >= 0.3 is 0 Å². The number of anilines is 1. The first-order valence-electron chi connectivity index (χ1n) is 12.4. The average Bonchev–Trinajstić information content (AvgIpc) is 2.78. The number of Topliss-reactive ketones (excluding diaryl/α,β-unsaturated/α-hetero) is 2. The molecule has 4 unspecified atom stereocenters. The Hall–Kier alpha value is -3.40. The van der Waals surface area contributed by atoms with E-state index >= 15 is 0 Å². The van der Waals surface area contributed by atoms with Crippen LogP contribution < -0.4 is 10.6 Å². The zero-order valence-electron chi connectivity index (χ0n) is 21.1. The molecule has 10 heteroatoms. The van der Waals surface area contributed by atoms with Crippen LogP contribution in [0.1, 0.15) is 44.2 Å². The first-order chi connectivity index (χ1) is 17.0. The molecule has 3 aliphatic carbocycles. The van der Waals surface area contributed by atoms with Gasteiger partial charge in [-0.15, -0.1) is 0 Å². The standard InChI is InChI=1S/C26H34N4O6/c1-5-7-30(8-6-2)20-13-9-12-10-14-17(15(31)11-28-26(14)29(3)4)21(32)16(12)22(33)18(13)23(34)19(24(20)35)25(27)36/h11-13,18,20,31-32,35H,5-10H2,1-4H3,(H2,27,36). The number of amides is 1. The van der Waals surface area contributed by atoms with Crippen LogP contribution in [0.25, 0.3) is 5.76 Å². The van der Waals surface area contributed by atoms with Gasteiger partial charge in [-0.3, -0.25) is 19.3 Å². The minimum atomic E-state index is -1.25. The monoisotopic (exact) mass is 498 g/mol. The van der Waals surface area contributed by atoms with Gasteiger partial charge in [-0.1, -0.05) is 13.8 Å². The van der Waals surface area contributed by atoms with E-state index in [0.29, 0.717) is 37.3 Å². The third-order valence-corrected chi connectivity index (χ3v) is 7.58. The molecule has 4 atom stereocenters. The lowest BCUT2D eigenvalue weighted by atomic mass is 9.59. The van der Waals surface area contributed by atoms with Gasteiger partial charge < -0.3 is 26.0 Å². The molecule has 0 radical (unpaired) electrons. The van der Waals surface area contributed by atoms with Gasteiger partial charge in [0.15, 0.2) is 11.6 Å². The van der Waals surface area contributed by atoms with Crippen molar-refractivity contribution in [1.29, 1.82) is 0 Å². The summed E-state index contributed by atoms with van der Waals surface area (Å²) in [5.41, 5.74) is 5.79. The molecule has 0 bridgehead atoms. The number of rotatable bonds is 7. The van der Waals surface area contributed by atoms with Crippen LogP contribution in [-0.4, -0.2) is 75.9 Å². The molecule has 3 aliphatic rings. The van der Waals surface area contributed by atoms with E-state index < -0.39 is 46.8 Å². The largest absolute Gasteiger partial charge is 0.510 e. The number of aromatic nitrogens is 1. The Morgan fingerprint density at radius 2 is 1.75 bits per heavy atom. The van der Waals surface area contributed by atoms with Gasteiger partial charge in [0.05, 0.1) is 23.7 Å². The molecule has 0 spiro atoms. The number of hydrogen-bond acceptors (Lipinski definition) is 9. The predicted molar refractivity (Wildman–Crippen MR) is 133 cm³/mol. The SMILES string of the molecule is CCCN(CCC)C1C(O)=C(C(N)=O)C(=O)C2C(=O)C3=C(O)c4c(O)cnc(N(C)C)c4CC3CC21. The second kappa shape index (κ2) is 9.57. The normalized spacial score (nSPS) is 25.6. The molecule has 0 aliphatic heterocycles. The van der Waals surface area contributed by atoms with Crippen LogP contribution in [-0.2, 0) is 20.8 Å². The molecule has 10 nitrogen and oxygen atoms in total. The summed E-state index contributed by atoms with van der Waals surface area (Å²) >= 11 is 0. The Balaban J connectivity index is 1.90. The maximum atomic E-state index is 13.9. The number of pyridine rings is 1. The Morgan fingerprint density at radius 1 is 1.11 bits per heavy atom. The van der Waals surface area contributed by atoms with E-state index in [0.717, 1.165) is 12.8 Å². The topological polar surface area (TPSA) is 157 Å². The minimum absolute atomic E-state index is 0.0739. The Labute approximate surface area is 210 Å². The smallest absolute Gasteiger partial charge is 0.255 e. The molecule has 4 rings (SSSR count). The highest BCUT2D eigenvalue weighted by Crippen LogP contribution is 2.51. The fourth-order valence-corrected chi connectivity index (χ4v) is 6.31. The van der Waals surface area contributed by atoms with Crippen molar-refractivity contribution in [3.05, 3.63) is 34.2 Å². The summed E-state index contributed by atoms with van der Waals surface area (Å²) in [4.78, 5) is 47.6.